The van der Waals surface area contributed by atoms with Crippen LogP contribution in [0.2, 0.25) is 0 Å². The SMILES string of the molecule is O=C1CC2COCCN2c2cccnc2N1. The molecule has 2 aliphatic rings. The van der Waals surface area contributed by atoms with Gasteiger partial charge in [-0.05, 0) is 12.1 Å². The number of fused-ring (bicyclic) bond motifs is 3. The molecule has 5 nitrogen and oxygen atoms in total. The van der Waals surface area contributed by atoms with Gasteiger partial charge >= 0.3 is 0 Å². The molecule has 84 valence electrons. The molecule has 0 spiro atoms. The van der Waals surface area contributed by atoms with Crippen molar-refractivity contribution in [2.75, 3.05) is 30.0 Å². The van der Waals surface area contributed by atoms with Gasteiger partial charge in [0.1, 0.15) is 0 Å². The molecule has 16 heavy (non-hydrogen) atoms. The second-order valence-corrected chi connectivity index (χ2v) is 4.05. The summed E-state index contributed by atoms with van der Waals surface area (Å²) in [4.78, 5) is 18.1. The molecule has 0 aliphatic carbocycles. The van der Waals surface area contributed by atoms with Gasteiger partial charge < -0.3 is 15.0 Å². The lowest BCUT2D eigenvalue weighted by Crippen LogP contribution is -2.45. The van der Waals surface area contributed by atoms with Crippen LogP contribution in [0, 0.1) is 0 Å². The number of aromatic nitrogens is 1. The summed E-state index contributed by atoms with van der Waals surface area (Å²) in [6.07, 6.45) is 2.16. The molecule has 1 unspecified atom stereocenters. The van der Waals surface area contributed by atoms with Crippen LogP contribution in [0.15, 0.2) is 18.3 Å². The first-order chi connectivity index (χ1) is 7.84. The van der Waals surface area contributed by atoms with Gasteiger partial charge in [-0.1, -0.05) is 0 Å². The van der Waals surface area contributed by atoms with E-state index < -0.39 is 0 Å². The van der Waals surface area contributed by atoms with Gasteiger partial charge in [-0.25, -0.2) is 4.98 Å². The molecule has 5 heteroatoms. The standard InChI is InChI=1S/C11H13N3O2/c15-10-6-8-7-16-5-4-14(8)9-2-1-3-12-11(9)13-10/h1-3,8H,4-7H2,(H,12,13,15). The van der Waals surface area contributed by atoms with E-state index in [1.54, 1.807) is 6.20 Å². The van der Waals surface area contributed by atoms with E-state index in [4.69, 9.17) is 4.74 Å². The van der Waals surface area contributed by atoms with Crippen molar-refractivity contribution in [2.45, 2.75) is 12.5 Å². The Morgan fingerprint density at radius 3 is 3.44 bits per heavy atom. The number of pyridine rings is 1. The van der Waals surface area contributed by atoms with Crippen LogP contribution in [0.25, 0.3) is 0 Å². The van der Waals surface area contributed by atoms with Gasteiger partial charge in [-0.2, -0.15) is 0 Å². The Kier molecular flexibility index (Phi) is 2.25. The van der Waals surface area contributed by atoms with Gasteiger partial charge in [0.2, 0.25) is 5.91 Å². The molecule has 2 aliphatic heterocycles. The molecule has 0 aromatic carbocycles. The highest BCUT2D eigenvalue weighted by Gasteiger charge is 2.30. The Morgan fingerprint density at radius 2 is 2.50 bits per heavy atom. The minimum absolute atomic E-state index is 0.0120. The van der Waals surface area contributed by atoms with Gasteiger partial charge in [0.05, 0.1) is 24.9 Å². The molecule has 1 amide bonds. The Hall–Kier alpha value is -1.62. The van der Waals surface area contributed by atoms with Crippen molar-refractivity contribution in [3.63, 3.8) is 0 Å². The molecule has 0 radical (unpaired) electrons. The second kappa shape index (κ2) is 3.75. The van der Waals surface area contributed by atoms with Crippen LogP contribution in [0.1, 0.15) is 6.42 Å². The van der Waals surface area contributed by atoms with Gasteiger partial charge in [0, 0.05) is 19.2 Å². The highest BCUT2D eigenvalue weighted by molar-refractivity contribution is 5.95. The Labute approximate surface area is 93.4 Å². The summed E-state index contributed by atoms with van der Waals surface area (Å²) >= 11 is 0. The van der Waals surface area contributed by atoms with Crippen LogP contribution >= 0.6 is 0 Å². The Morgan fingerprint density at radius 1 is 1.56 bits per heavy atom. The predicted octanol–water partition coefficient (Wildman–Crippen LogP) is 0.629. The number of hydrogen-bond donors (Lipinski definition) is 1. The van der Waals surface area contributed by atoms with E-state index in [-0.39, 0.29) is 11.9 Å². The largest absolute Gasteiger partial charge is 0.377 e. The molecular weight excluding hydrogens is 206 g/mol. The quantitative estimate of drug-likeness (QED) is 0.695. The molecule has 0 bridgehead atoms. The zero-order valence-electron chi connectivity index (χ0n) is 8.85. The zero-order valence-corrected chi connectivity index (χ0v) is 8.85. The summed E-state index contributed by atoms with van der Waals surface area (Å²) in [5.74, 6) is 0.676. The summed E-state index contributed by atoms with van der Waals surface area (Å²) in [5, 5.41) is 2.83. The highest BCUT2D eigenvalue weighted by atomic mass is 16.5. The van der Waals surface area contributed by atoms with Crippen LogP contribution in [-0.2, 0) is 9.53 Å². The molecule has 0 saturated carbocycles. The lowest BCUT2D eigenvalue weighted by molar-refractivity contribution is -0.116. The van der Waals surface area contributed by atoms with E-state index in [1.165, 1.54) is 0 Å². The Bertz CT molecular complexity index is 421. The number of nitrogens with zero attached hydrogens (tertiary/aromatic N) is 2. The summed E-state index contributed by atoms with van der Waals surface area (Å²) in [6.45, 7) is 2.14. The topological polar surface area (TPSA) is 54.5 Å². The third-order valence-corrected chi connectivity index (χ3v) is 3.00. The first-order valence-corrected chi connectivity index (χ1v) is 5.44. The number of carbonyl (C=O) groups is 1. The monoisotopic (exact) mass is 219 g/mol. The molecule has 1 aromatic rings. The number of nitrogens with one attached hydrogen (secondary N) is 1. The van der Waals surface area contributed by atoms with E-state index in [1.807, 2.05) is 12.1 Å². The maximum Gasteiger partial charge on any atom is 0.227 e. The second-order valence-electron chi connectivity index (χ2n) is 4.05. The molecule has 3 rings (SSSR count). The van der Waals surface area contributed by atoms with Gasteiger partial charge in [-0.3, -0.25) is 4.79 Å². The number of morpholine rings is 1. The average Bonchev–Trinajstić information content (AvgIpc) is 2.44. The summed E-state index contributed by atoms with van der Waals surface area (Å²) in [7, 11) is 0. The lowest BCUT2D eigenvalue weighted by Gasteiger charge is -2.35. The third-order valence-electron chi connectivity index (χ3n) is 3.00. The van der Waals surface area contributed by atoms with Crippen LogP contribution in [0.4, 0.5) is 11.5 Å². The molecule has 1 atom stereocenters. The number of carbonyl (C=O) groups excluding carboxylic acids is 1. The molecule has 1 saturated heterocycles. The number of amides is 1. The van der Waals surface area contributed by atoms with Gasteiger partial charge in [0.25, 0.3) is 0 Å². The molecule has 1 fully saturated rings. The fourth-order valence-corrected chi connectivity index (χ4v) is 2.26. The maximum absolute atomic E-state index is 11.7. The minimum atomic E-state index is 0.0120. The van der Waals surface area contributed by atoms with Crippen LogP contribution in [0.3, 0.4) is 0 Å². The third kappa shape index (κ3) is 1.53. The summed E-state index contributed by atoms with van der Waals surface area (Å²) in [6, 6.07) is 4.02. The smallest absolute Gasteiger partial charge is 0.227 e. The zero-order chi connectivity index (χ0) is 11.0. The lowest BCUT2D eigenvalue weighted by atomic mass is 10.1. The van der Waals surface area contributed by atoms with Crippen molar-refractivity contribution < 1.29 is 9.53 Å². The summed E-state index contributed by atoms with van der Waals surface area (Å²) < 4.78 is 5.42. The van der Waals surface area contributed by atoms with Gasteiger partial charge in [-0.15, -0.1) is 0 Å². The van der Waals surface area contributed by atoms with E-state index in [0.717, 1.165) is 12.2 Å². The highest BCUT2D eigenvalue weighted by Crippen LogP contribution is 2.30. The number of hydrogen-bond acceptors (Lipinski definition) is 4. The van der Waals surface area contributed by atoms with Crippen molar-refractivity contribution in [3.05, 3.63) is 18.3 Å². The van der Waals surface area contributed by atoms with E-state index in [2.05, 4.69) is 15.2 Å². The van der Waals surface area contributed by atoms with Crippen LogP contribution in [-0.4, -0.2) is 36.7 Å². The summed E-state index contributed by atoms with van der Waals surface area (Å²) in [5.41, 5.74) is 1.00. The maximum atomic E-state index is 11.7. The van der Waals surface area contributed by atoms with Gasteiger partial charge in [0.15, 0.2) is 5.82 Å². The van der Waals surface area contributed by atoms with E-state index in [9.17, 15) is 4.79 Å². The molecular formula is C11H13N3O2. The first-order valence-electron chi connectivity index (χ1n) is 5.44. The molecule has 1 N–H and O–H groups in total. The van der Waals surface area contributed by atoms with Crippen molar-refractivity contribution in [3.8, 4) is 0 Å². The van der Waals surface area contributed by atoms with Crippen LogP contribution in [0.5, 0.6) is 0 Å². The minimum Gasteiger partial charge on any atom is -0.377 e. The first kappa shape index (κ1) is 9.59. The molecule has 1 aromatic heterocycles. The van der Waals surface area contributed by atoms with Crippen molar-refractivity contribution in [1.82, 2.24) is 4.98 Å². The normalized spacial score (nSPS) is 24.1. The fourth-order valence-electron chi connectivity index (χ4n) is 2.26. The van der Waals surface area contributed by atoms with Crippen LogP contribution < -0.4 is 10.2 Å². The number of anilines is 2. The fraction of sp³-hybridized carbons (Fsp3) is 0.455. The average molecular weight is 219 g/mol. The Balaban J connectivity index is 2.04. The van der Waals surface area contributed by atoms with Crippen molar-refractivity contribution >= 4 is 17.4 Å². The van der Waals surface area contributed by atoms with E-state index >= 15 is 0 Å². The van der Waals surface area contributed by atoms with Crippen molar-refractivity contribution in [2.24, 2.45) is 0 Å². The molecule has 3 heterocycles. The van der Waals surface area contributed by atoms with Crippen molar-refractivity contribution in [1.29, 1.82) is 0 Å². The number of ether oxygens (including phenoxy) is 1. The predicted molar refractivity (Wildman–Crippen MR) is 59.4 cm³/mol. The number of rotatable bonds is 0. The van der Waals surface area contributed by atoms with E-state index in [0.29, 0.717) is 25.5 Å².